The van der Waals surface area contributed by atoms with Gasteiger partial charge in [0.25, 0.3) is 5.91 Å². The molecular weight excluding hydrogens is 382 g/mol. The van der Waals surface area contributed by atoms with Gasteiger partial charge < -0.3 is 19.5 Å². The molecule has 0 radical (unpaired) electrons. The maximum absolute atomic E-state index is 12.8. The van der Waals surface area contributed by atoms with Crippen LogP contribution in [0.5, 0.6) is 0 Å². The van der Waals surface area contributed by atoms with Crippen LogP contribution in [0.15, 0.2) is 47.7 Å². The van der Waals surface area contributed by atoms with E-state index < -0.39 is 0 Å². The Bertz CT molecular complexity index is 801. The third kappa shape index (κ3) is 5.62. The molecule has 7 heteroatoms. The number of aromatic nitrogens is 1. The van der Waals surface area contributed by atoms with Gasteiger partial charge in [0.1, 0.15) is 18.1 Å². The molecule has 1 atom stereocenters. The molecule has 1 aliphatic carbocycles. The lowest BCUT2D eigenvalue weighted by molar-refractivity contribution is -0.132. The van der Waals surface area contributed by atoms with E-state index in [0.717, 1.165) is 31.4 Å². The summed E-state index contributed by atoms with van der Waals surface area (Å²) in [7, 11) is 0. The van der Waals surface area contributed by atoms with Crippen LogP contribution in [0, 0.1) is 5.92 Å². The van der Waals surface area contributed by atoms with Gasteiger partial charge in [-0.2, -0.15) is 0 Å². The molecule has 2 amide bonds. The SMILES string of the molecule is C=C/C=C(\C=C)OCC(NC(=O)c1cc(C2CC2)on1)C1CCN(C(=O)CC)CC1. The van der Waals surface area contributed by atoms with Crippen molar-refractivity contribution in [3.8, 4) is 0 Å². The molecule has 1 aromatic heterocycles. The first-order valence-electron chi connectivity index (χ1n) is 10.7. The summed E-state index contributed by atoms with van der Waals surface area (Å²) in [6.07, 6.45) is 9.27. The van der Waals surface area contributed by atoms with Gasteiger partial charge in [0, 0.05) is 31.5 Å². The van der Waals surface area contributed by atoms with Crippen molar-refractivity contribution in [1.82, 2.24) is 15.4 Å². The number of ether oxygens (including phenoxy) is 1. The van der Waals surface area contributed by atoms with Crippen molar-refractivity contribution >= 4 is 11.8 Å². The fourth-order valence-corrected chi connectivity index (χ4v) is 3.75. The molecule has 1 saturated heterocycles. The molecule has 2 fully saturated rings. The van der Waals surface area contributed by atoms with Crippen LogP contribution in [0.4, 0.5) is 0 Å². The van der Waals surface area contributed by atoms with Crippen LogP contribution in [-0.4, -0.2) is 47.6 Å². The summed E-state index contributed by atoms with van der Waals surface area (Å²) < 4.78 is 11.2. The molecule has 0 spiro atoms. The molecule has 162 valence electrons. The predicted octanol–water partition coefficient (Wildman–Crippen LogP) is 3.57. The predicted molar refractivity (Wildman–Crippen MR) is 114 cm³/mol. The highest BCUT2D eigenvalue weighted by Gasteiger charge is 2.32. The molecule has 1 saturated carbocycles. The third-order valence-electron chi connectivity index (χ3n) is 5.73. The summed E-state index contributed by atoms with van der Waals surface area (Å²) >= 11 is 0. The quantitative estimate of drug-likeness (QED) is 0.468. The van der Waals surface area contributed by atoms with Crippen LogP contribution < -0.4 is 5.32 Å². The van der Waals surface area contributed by atoms with Gasteiger partial charge in [-0.05, 0) is 43.8 Å². The highest BCUT2D eigenvalue weighted by atomic mass is 16.5. The maximum Gasteiger partial charge on any atom is 0.273 e. The van der Waals surface area contributed by atoms with E-state index in [1.807, 2.05) is 11.8 Å². The monoisotopic (exact) mass is 413 g/mol. The standard InChI is InChI=1S/C23H31N3O4/c1-4-7-18(5-2)29-15-20(16-10-12-26(13-11-16)22(27)6-3)24-23(28)19-14-21(30-25-19)17-8-9-17/h4-5,7,14,16-17,20H,1-2,6,8-13,15H2,3H3,(H,24,28)/b18-7+. The number of hydrogen-bond acceptors (Lipinski definition) is 5. The molecule has 7 nitrogen and oxygen atoms in total. The number of nitrogens with zero attached hydrogens (tertiary/aromatic N) is 2. The van der Waals surface area contributed by atoms with Crippen LogP contribution in [0.3, 0.4) is 0 Å². The van der Waals surface area contributed by atoms with Gasteiger partial charge >= 0.3 is 0 Å². The van der Waals surface area contributed by atoms with Crippen molar-refractivity contribution in [3.63, 3.8) is 0 Å². The van der Waals surface area contributed by atoms with Crippen LogP contribution in [0.1, 0.15) is 61.2 Å². The van der Waals surface area contributed by atoms with E-state index in [-0.39, 0.29) is 23.8 Å². The average Bonchev–Trinajstić information content (AvgIpc) is 3.51. The van der Waals surface area contributed by atoms with Crippen LogP contribution >= 0.6 is 0 Å². The van der Waals surface area contributed by atoms with Crippen molar-refractivity contribution in [2.75, 3.05) is 19.7 Å². The van der Waals surface area contributed by atoms with Crippen molar-refractivity contribution in [2.45, 2.75) is 51.0 Å². The van der Waals surface area contributed by atoms with Gasteiger partial charge in [-0.15, -0.1) is 0 Å². The second-order valence-corrected chi connectivity index (χ2v) is 7.86. The summed E-state index contributed by atoms with van der Waals surface area (Å²) in [4.78, 5) is 26.7. The Morgan fingerprint density at radius 3 is 2.67 bits per heavy atom. The smallest absolute Gasteiger partial charge is 0.273 e. The van der Waals surface area contributed by atoms with Gasteiger partial charge in [-0.25, -0.2) is 0 Å². The molecule has 2 heterocycles. The van der Waals surface area contributed by atoms with Crippen LogP contribution in [0.25, 0.3) is 0 Å². The summed E-state index contributed by atoms with van der Waals surface area (Å²) in [5.74, 6) is 1.88. The number of rotatable bonds is 10. The molecule has 1 N–H and O–H groups in total. The Balaban J connectivity index is 1.65. The van der Waals surface area contributed by atoms with E-state index in [1.165, 1.54) is 0 Å². The zero-order valence-electron chi connectivity index (χ0n) is 17.6. The number of nitrogens with one attached hydrogen (secondary N) is 1. The lowest BCUT2D eigenvalue weighted by atomic mass is 9.89. The molecule has 3 rings (SSSR count). The first-order chi connectivity index (χ1) is 14.5. The molecule has 0 bridgehead atoms. The van der Waals surface area contributed by atoms with E-state index in [0.29, 0.717) is 43.5 Å². The maximum atomic E-state index is 12.8. The highest BCUT2D eigenvalue weighted by Crippen LogP contribution is 2.40. The lowest BCUT2D eigenvalue weighted by Gasteiger charge is -2.36. The van der Waals surface area contributed by atoms with Gasteiger partial charge in [0.2, 0.25) is 5.91 Å². The van der Waals surface area contributed by atoms with E-state index >= 15 is 0 Å². The lowest BCUT2D eigenvalue weighted by Crippen LogP contribution is -2.48. The van der Waals surface area contributed by atoms with E-state index in [1.54, 1.807) is 24.3 Å². The molecular formula is C23H31N3O4. The third-order valence-corrected chi connectivity index (χ3v) is 5.73. The molecule has 1 aromatic rings. The Kier molecular flexibility index (Phi) is 7.49. The Morgan fingerprint density at radius 2 is 2.07 bits per heavy atom. The number of likely N-dealkylation sites (tertiary alicyclic amines) is 1. The molecule has 30 heavy (non-hydrogen) atoms. The number of piperidine rings is 1. The van der Waals surface area contributed by atoms with Crippen LogP contribution in [0.2, 0.25) is 0 Å². The van der Waals surface area contributed by atoms with Crippen molar-refractivity contribution < 1.29 is 18.8 Å². The topological polar surface area (TPSA) is 84.7 Å². The highest BCUT2D eigenvalue weighted by molar-refractivity contribution is 5.92. The number of allylic oxidation sites excluding steroid dienone is 3. The normalized spacial score (nSPS) is 18.6. The average molecular weight is 414 g/mol. The molecule has 0 aromatic carbocycles. The zero-order chi connectivity index (χ0) is 21.5. The van der Waals surface area contributed by atoms with E-state index in [2.05, 4.69) is 23.6 Å². The number of carbonyl (C=O) groups excluding carboxylic acids is 2. The van der Waals surface area contributed by atoms with Gasteiger partial charge in [-0.3, -0.25) is 9.59 Å². The fraction of sp³-hybridized carbons (Fsp3) is 0.522. The number of amides is 2. The van der Waals surface area contributed by atoms with E-state index in [4.69, 9.17) is 9.26 Å². The summed E-state index contributed by atoms with van der Waals surface area (Å²) in [6.45, 7) is 11.0. The van der Waals surface area contributed by atoms with Gasteiger partial charge in [-0.1, -0.05) is 31.3 Å². The second kappa shape index (κ2) is 10.3. The first-order valence-corrected chi connectivity index (χ1v) is 10.7. The number of hydrogen-bond donors (Lipinski definition) is 1. The molecule has 1 unspecified atom stereocenters. The summed E-state index contributed by atoms with van der Waals surface area (Å²) in [5, 5.41) is 7.02. The minimum Gasteiger partial charge on any atom is -0.491 e. The summed E-state index contributed by atoms with van der Waals surface area (Å²) in [5.41, 5.74) is 0.297. The van der Waals surface area contributed by atoms with Crippen molar-refractivity contribution in [2.24, 2.45) is 5.92 Å². The first kappa shape index (κ1) is 21.9. The van der Waals surface area contributed by atoms with Crippen LogP contribution in [-0.2, 0) is 9.53 Å². The Morgan fingerprint density at radius 1 is 1.33 bits per heavy atom. The number of carbonyl (C=O) groups is 2. The second-order valence-electron chi connectivity index (χ2n) is 7.86. The minimum atomic E-state index is -0.265. The van der Waals surface area contributed by atoms with E-state index in [9.17, 15) is 9.59 Å². The van der Waals surface area contributed by atoms with Gasteiger partial charge in [0.05, 0.1) is 6.04 Å². The summed E-state index contributed by atoms with van der Waals surface area (Å²) in [6, 6.07) is 1.52. The zero-order valence-corrected chi connectivity index (χ0v) is 17.6. The van der Waals surface area contributed by atoms with Crippen molar-refractivity contribution in [1.29, 1.82) is 0 Å². The minimum absolute atomic E-state index is 0.170. The largest absolute Gasteiger partial charge is 0.491 e. The Hall–Kier alpha value is -2.83. The molecule has 1 aliphatic heterocycles. The molecule has 2 aliphatic rings. The Labute approximate surface area is 177 Å². The fourth-order valence-electron chi connectivity index (χ4n) is 3.75. The van der Waals surface area contributed by atoms with Gasteiger partial charge in [0.15, 0.2) is 5.69 Å². The van der Waals surface area contributed by atoms with Crippen molar-refractivity contribution in [3.05, 3.63) is 54.7 Å².